The molecule has 0 atom stereocenters. The van der Waals surface area contributed by atoms with Crippen molar-refractivity contribution in [1.29, 1.82) is 0 Å². The SMILES string of the molecule is Cc1c(Cl)cccc1S(=O)(=O)Nc1cccc(-c2cnc3n2CCC3)c1. The summed E-state index contributed by atoms with van der Waals surface area (Å²) in [5, 5.41) is 0.427. The number of sulfonamides is 1. The van der Waals surface area contributed by atoms with E-state index in [4.69, 9.17) is 11.6 Å². The molecule has 0 amide bonds. The predicted octanol–water partition coefficient (Wildman–Crippen LogP) is 4.26. The van der Waals surface area contributed by atoms with Gasteiger partial charge in [0.2, 0.25) is 0 Å². The van der Waals surface area contributed by atoms with Crippen molar-refractivity contribution in [3.05, 3.63) is 65.1 Å². The maximum Gasteiger partial charge on any atom is 0.262 e. The summed E-state index contributed by atoms with van der Waals surface area (Å²) in [6.07, 6.45) is 3.93. The van der Waals surface area contributed by atoms with Crippen LogP contribution in [0.15, 0.2) is 53.6 Å². The van der Waals surface area contributed by atoms with Crippen LogP contribution in [-0.2, 0) is 23.0 Å². The zero-order chi connectivity index (χ0) is 18.3. The predicted molar refractivity (Wildman–Crippen MR) is 103 cm³/mol. The molecule has 2 aromatic carbocycles. The van der Waals surface area contributed by atoms with E-state index in [1.54, 1.807) is 31.2 Å². The second-order valence-electron chi connectivity index (χ2n) is 6.36. The summed E-state index contributed by atoms with van der Waals surface area (Å²) in [5.74, 6) is 1.08. The van der Waals surface area contributed by atoms with Crippen LogP contribution >= 0.6 is 11.6 Å². The minimum atomic E-state index is -3.72. The molecule has 2 heterocycles. The fourth-order valence-corrected chi connectivity index (χ4v) is 4.87. The number of fused-ring (bicyclic) bond motifs is 1. The first-order valence-electron chi connectivity index (χ1n) is 8.38. The highest BCUT2D eigenvalue weighted by Crippen LogP contribution is 2.29. The van der Waals surface area contributed by atoms with E-state index in [-0.39, 0.29) is 4.90 Å². The largest absolute Gasteiger partial charge is 0.328 e. The number of imidazole rings is 1. The molecule has 134 valence electrons. The molecule has 0 spiro atoms. The van der Waals surface area contributed by atoms with Crippen molar-refractivity contribution in [2.24, 2.45) is 0 Å². The minimum absolute atomic E-state index is 0.181. The molecular formula is C19H18ClN3O2S. The molecule has 0 radical (unpaired) electrons. The third-order valence-corrected chi connectivity index (χ3v) is 6.57. The maximum absolute atomic E-state index is 12.8. The van der Waals surface area contributed by atoms with Gasteiger partial charge in [0.05, 0.1) is 16.8 Å². The Hall–Kier alpha value is -2.31. The second-order valence-corrected chi connectivity index (χ2v) is 8.42. The average molecular weight is 388 g/mol. The minimum Gasteiger partial charge on any atom is -0.328 e. The summed E-state index contributed by atoms with van der Waals surface area (Å²) in [6.45, 7) is 2.64. The number of hydrogen-bond acceptors (Lipinski definition) is 3. The molecule has 4 rings (SSSR count). The number of aryl methyl sites for hydroxylation is 1. The molecule has 1 aliphatic heterocycles. The van der Waals surface area contributed by atoms with Crippen molar-refractivity contribution in [3.8, 4) is 11.3 Å². The average Bonchev–Trinajstić information content (AvgIpc) is 3.20. The van der Waals surface area contributed by atoms with Crippen LogP contribution in [0.25, 0.3) is 11.3 Å². The van der Waals surface area contributed by atoms with Crippen LogP contribution < -0.4 is 4.72 Å². The van der Waals surface area contributed by atoms with Gasteiger partial charge in [-0.1, -0.05) is 29.8 Å². The van der Waals surface area contributed by atoms with Crippen LogP contribution in [0.2, 0.25) is 5.02 Å². The topological polar surface area (TPSA) is 64.0 Å². The fourth-order valence-electron chi connectivity index (χ4n) is 3.32. The Morgan fingerprint density at radius 2 is 2.00 bits per heavy atom. The zero-order valence-electron chi connectivity index (χ0n) is 14.2. The van der Waals surface area contributed by atoms with Gasteiger partial charge in [-0.2, -0.15) is 0 Å². The van der Waals surface area contributed by atoms with Gasteiger partial charge < -0.3 is 4.57 Å². The molecule has 26 heavy (non-hydrogen) atoms. The lowest BCUT2D eigenvalue weighted by Crippen LogP contribution is -2.14. The number of aromatic nitrogens is 2. The lowest BCUT2D eigenvalue weighted by molar-refractivity contribution is 0.600. The summed E-state index contributed by atoms with van der Waals surface area (Å²) in [7, 11) is -3.72. The van der Waals surface area contributed by atoms with Crippen LogP contribution in [-0.4, -0.2) is 18.0 Å². The molecular weight excluding hydrogens is 370 g/mol. The van der Waals surface area contributed by atoms with Crippen LogP contribution in [0.5, 0.6) is 0 Å². The highest BCUT2D eigenvalue weighted by molar-refractivity contribution is 7.92. The number of nitrogens with one attached hydrogen (secondary N) is 1. The standard InChI is InChI=1S/C19H18ClN3O2S/c1-13-16(20)7-3-8-18(13)26(24,25)22-15-6-2-5-14(11-15)17-12-21-19-9-4-10-23(17)19/h2-3,5-8,11-12,22H,4,9-10H2,1H3. The molecule has 5 nitrogen and oxygen atoms in total. The number of nitrogens with zero attached hydrogens (tertiary/aromatic N) is 2. The summed E-state index contributed by atoms with van der Waals surface area (Å²) >= 11 is 6.07. The van der Waals surface area contributed by atoms with Gasteiger partial charge in [-0.25, -0.2) is 13.4 Å². The Kier molecular flexibility index (Phi) is 4.25. The molecule has 7 heteroatoms. The van der Waals surface area contributed by atoms with Crippen LogP contribution in [0.4, 0.5) is 5.69 Å². The Balaban J connectivity index is 1.68. The molecule has 1 N–H and O–H groups in total. The van der Waals surface area contributed by atoms with Gasteiger partial charge in [-0.15, -0.1) is 0 Å². The molecule has 0 fully saturated rings. The number of rotatable bonds is 4. The Bertz CT molecular complexity index is 1090. The molecule has 1 aromatic heterocycles. The maximum atomic E-state index is 12.8. The van der Waals surface area contributed by atoms with E-state index in [2.05, 4.69) is 14.3 Å². The van der Waals surface area contributed by atoms with Gasteiger partial charge in [-0.3, -0.25) is 4.72 Å². The first-order valence-corrected chi connectivity index (χ1v) is 10.2. The van der Waals surface area contributed by atoms with Crippen molar-refractivity contribution < 1.29 is 8.42 Å². The summed E-state index contributed by atoms with van der Waals surface area (Å²) in [5.41, 5.74) is 2.99. The van der Waals surface area contributed by atoms with Gasteiger partial charge in [-0.05, 0) is 43.2 Å². The quantitative estimate of drug-likeness (QED) is 0.727. The highest BCUT2D eigenvalue weighted by atomic mass is 35.5. The van der Waals surface area contributed by atoms with E-state index in [0.29, 0.717) is 16.3 Å². The second kappa shape index (κ2) is 6.45. The molecule has 0 saturated carbocycles. The fraction of sp³-hybridized carbons (Fsp3) is 0.211. The first kappa shape index (κ1) is 17.1. The van der Waals surface area contributed by atoms with Gasteiger partial charge in [0.25, 0.3) is 10.0 Å². The zero-order valence-corrected chi connectivity index (χ0v) is 15.8. The Labute approximate surface area is 157 Å². The van der Waals surface area contributed by atoms with Crippen molar-refractivity contribution >= 4 is 27.3 Å². The number of hydrogen-bond donors (Lipinski definition) is 1. The smallest absolute Gasteiger partial charge is 0.262 e. The highest BCUT2D eigenvalue weighted by Gasteiger charge is 2.20. The molecule has 1 aliphatic rings. The van der Waals surface area contributed by atoms with Crippen LogP contribution in [0.1, 0.15) is 17.8 Å². The number of halogens is 1. The normalized spacial score (nSPS) is 13.6. The molecule has 0 saturated heterocycles. The van der Waals surface area contributed by atoms with E-state index < -0.39 is 10.0 Å². The van der Waals surface area contributed by atoms with Crippen molar-refractivity contribution in [2.75, 3.05) is 4.72 Å². The van der Waals surface area contributed by atoms with Crippen molar-refractivity contribution in [2.45, 2.75) is 31.2 Å². The lowest BCUT2D eigenvalue weighted by Gasteiger charge is -2.12. The van der Waals surface area contributed by atoms with Crippen LogP contribution in [0, 0.1) is 6.92 Å². The van der Waals surface area contributed by atoms with E-state index in [1.807, 2.05) is 24.4 Å². The van der Waals surface area contributed by atoms with E-state index in [9.17, 15) is 8.42 Å². The first-order chi connectivity index (χ1) is 12.5. The third-order valence-electron chi connectivity index (χ3n) is 4.64. The monoisotopic (exact) mass is 387 g/mol. The summed E-state index contributed by atoms with van der Waals surface area (Å²) in [4.78, 5) is 4.64. The van der Waals surface area contributed by atoms with Gasteiger partial charge >= 0.3 is 0 Å². The molecule has 0 unspecified atom stereocenters. The van der Waals surface area contributed by atoms with Gasteiger partial charge in [0.15, 0.2) is 0 Å². The van der Waals surface area contributed by atoms with E-state index in [0.717, 1.165) is 36.5 Å². The molecule has 0 aliphatic carbocycles. The van der Waals surface area contributed by atoms with Crippen LogP contribution in [0.3, 0.4) is 0 Å². The summed E-state index contributed by atoms with van der Waals surface area (Å²) in [6, 6.07) is 12.2. The number of anilines is 1. The van der Waals surface area contributed by atoms with Crippen molar-refractivity contribution in [3.63, 3.8) is 0 Å². The summed E-state index contributed by atoms with van der Waals surface area (Å²) < 4.78 is 30.4. The molecule has 3 aromatic rings. The van der Waals surface area contributed by atoms with Gasteiger partial charge in [0.1, 0.15) is 5.82 Å². The lowest BCUT2D eigenvalue weighted by atomic mass is 10.1. The number of benzene rings is 2. The Morgan fingerprint density at radius 3 is 2.85 bits per heavy atom. The van der Waals surface area contributed by atoms with Gasteiger partial charge in [0, 0.05) is 29.2 Å². The molecule has 0 bridgehead atoms. The van der Waals surface area contributed by atoms with Crippen molar-refractivity contribution in [1.82, 2.24) is 9.55 Å². The van der Waals surface area contributed by atoms with E-state index in [1.165, 1.54) is 0 Å². The Morgan fingerprint density at radius 1 is 1.19 bits per heavy atom. The third kappa shape index (κ3) is 2.99. The van der Waals surface area contributed by atoms with E-state index >= 15 is 0 Å².